The van der Waals surface area contributed by atoms with Crippen LogP contribution < -0.4 is 11.2 Å². The largest absolute Gasteiger partial charge is 2.00 e. The Balaban J connectivity index is 0.000000344. The Morgan fingerprint density at radius 1 is 0.955 bits per heavy atom. The van der Waals surface area contributed by atoms with E-state index in [0.29, 0.717) is 6.54 Å². The average Bonchev–Trinajstić information content (AvgIpc) is 3.16. The van der Waals surface area contributed by atoms with Gasteiger partial charge in [0.1, 0.15) is 0 Å². The zero-order chi connectivity index (χ0) is 14.9. The SMILES string of the molecule is O=c1ccn(C/C=C/[C]2[CH][CH][CH][CH]2)c(=O)[nH]1.[CH]1[CH][CH][CH][CH]1.[Fe+2]. The van der Waals surface area contributed by atoms with Gasteiger partial charge in [-0.25, -0.2) is 4.79 Å². The molecule has 2 aliphatic rings. The van der Waals surface area contributed by atoms with Crippen molar-refractivity contribution < 1.29 is 17.1 Å². The first-order chi connectivity index (χ1) is 10.3. The van der Waals surface area contributed by atoms with Crippen molar-refractivity contribution in [3.05, 3.63) is 109 Å². The van der Waals surface area contributed by atoms with Crippen LogP contribution in [0.4, 0.5) is 0 Å². The van der Waals surface area contributed by atoms with E-state index in [1.807, 2.05) is 69.9 Å². The van der Waals surface area contributed by atoms with E-state index in [4.69, 9.17) is 0 Å². The summed E-state index contributed by atoms with van der Waals surface area (Å²) in [5.74, 6) is 1.09. The van der Waals surface area contributed by atoms with E-state index in [1.165, 1.54) is 16.8 Å². The molecule has 0 unspecified atom stereocenters. The molecule has 1 aromatic rings. The van der Waals surface area contributed by atoms with Crippen molar-refractivity contribution in [1.29, 1.82) is 0 Å². The van der Waals surface area contributed by atoms with Gasteiger partial charge in [-0.1, -0.05) is 12.2 Å². The van der Waals surface area contributed by atoms with Gasteiger partial charge in [0.25, 0.3) is 5.56 Å². The summed E-state index contributed by atoms with van der Waals surface area (Å²) in [6.45, 7) is 0.445. The smallest absolute Gasteiger partial charge is 0.297 e. The third-order valence-electron chi connectivity index (χ3n) is 2.75. The topological polar surface area (TPSA) is 54.9 Å². The molecule has 2 fully saturated rings. The fourth-order valence-corrected chi connectivity index (χ4v) is 1.71. The quantitative estimate of drug-likeness (QED) is 0.851. The summed E-state index contributed by atoms with van der Waals surface area (Å²) in [5.41, 5.74) is -0.763. The maximum Gasteiger partial charge on any atom is 2.00 e. The van der Waals surface area contributed by atoms with Gasteiger partial charge in [-0.2, -0.15) is 0 Å². The number of H-pyrrole nitrogens is 1. The molecule has 0 spiro atoms. The number of rotatable bonds is 3. The second kappa shape index (κ2) is 10.6. The molecule has 22 heavy (non-hydrogen) atoms. The molecule has 112 valence electrons. The molecule has 4 nitrogen and oxygen atoms in total. The molecule has 1 aromatic heterocycles. The van der Waals surface area contributed by atoms with Crippen molar-refractivity contribution >= 4 is 0 Å². The van der Waals surface area contributed by atoms with Crippen molar-refractivity contribution in [2.45, 2.75) is 6.54 Å². The van der Waals surface area contributed by atoms with Crippen LogP contribution in [0.2, 0.25) is 0 Å². The molecule has 3 rings (SSSR count). The second-order valence-corrected chi connectivity index (χ2v) is 4.35. The van der Waals surface area contributed by atoms with Gasteiger partial charge in [-0.3, -0.25) is 14.3 Å². The van der Waals surface area contributed by atoms with E-state index >= 15 is 0 Å². The van der Waals surface area contributed by atoms with E-state index in [2.05, 4.69) is 4.98 Å². The Kier molecular flexibility index (Phi) is 9.17. The van der Waals surface area contributed by atoms with Crippen LogP contribution in [0.25, 0.3) is 0 Å². The van der Waals surface area contributed by atoms with Gasteiger partial charge in [-0.15, -0.1) is 0 Å². The molecule has 5 heteroatoms. The molecule has 0 saturated heterocycles. The summed E-state index contributed by atoms with van der Waals surface area (Å²) in [6, 6.07) is 1.33. The van der Waals surface area contributed by atoms with Crippen LogP contribution in [0.15, 0.2) is 34.0 Å². The van der Waals surface area contributed by atoms with Gasteiger partial charge < -0.3 is 0 Å². The van der Waals surface area contributed by atoms with Gasteiger partial charge in [0.2, 0.25) is 0 Å². The Bertz CT molecular complexity index is 545. The number of aromatic amines is 1. The summed E-state index contributed by atoms with van der Waals surface area (Å²) in [5, 5.41) is 0. The van der Waals surface area contributed by atoms with Crippen LogP contribution in [0.3, 0.4) is 0 Å². The van der Waals surface area contributed by atoms with Crippen LogP contribution in [0.1, 0.15) is 0 Å². The zero-order valence-corrected chi connectivity index (χ0v) is 12.9. The number of nitrogens with zero attached hydrogens (tertiary/aromatic N) is 1. The first kappa shape index (κ1) is 19.0. The number of aromatic nitrogens is 2. The molecule has 2 saturated carbocycles. The van der Waals surface area contributed by atoms with Gasteiger partial charge >= 0.3 is 22.8 Å². The Morgan fingerprint density at radius 3 is 2.09 bits per heavy atom. The van der Waals surface area contributed by atoms with E-state index in [9.17, 15) is 9.59 Å². The van der Waals surface area contributed by atoms with Gasteiger partial charge in [0.05, 0.1) is 0 Å². The molecule has 1 N–H and O–H groups in total. The van der Waals surface area contributed by atoms with Crippen LogP contribution in [-0.4, -0.2) is 9.55 Å². The van der Waals surface area contributed by atoms with Crippen molar-refractivity contribution in [3.8, 4) is 0 Å². The molecular weight excluding hydrogens is 320 g/mol. The van der Waals surface area contributed by atoms with E-state index < -0.39 is 0 Å². The Hall–Kier alpha value is -1.06. The standard InChI is InChI=1S/C12H11N2O2.C5H5.Fe/c15-11-7-9-14(12(16)13-11)8-3-6-10-4-1-2-5-10;1-2-4-5-3-1;/h1-7,9H,8H2,(H,13,15,16);1-5H;/q;;+2/b6-3+;;. The Labute approximate surface area is 142 Å². The van der Waals surface area contributed by atoms with Crippen LogP contribution in [-0.2, 0) is 23.6 Å². The molecule has 0 amide bonds. The van der Waals surface area contributed by atoms with E-state index in [-0.39, 0.29) is 28.3 Å². The second-order valence-electron chi connectivity index (χ2n) is 4.35. The molecule has 0 bridgehead atoms. The maximum absolute atomic E-state index is 11.3. The molecule has 0 aromatic carbocycles. The van der Waals surface area contributed by atoms with Crippen LogP contribution >= 0.6 is 0 Å². The summed E-state index contributed by atoms with van der Waals surface area (Å²) in [4.78, 5) is 24.3. The number of hydrogen-bond donors (Lipinski definition) is 1. The van der Waals surface area contributed by atoms with Gasteiger partial charge in [0, 0.05) is 24.7 Å². The van der Waals surface area contributed by atoms with Crippen molar-refractivity contribution in [2.75, 3.05) is 0 Å². The predicted octanol–water partition coefficient (Wildman–Crippen LogP) is 1.52. The van der Waals surface area contributed by atoms with Gasteiger partial charge in [-0.05, 0) is 57.8 Å². The monoisotopic (exact) mass is 336 g/mol. The predicted molar refractivity (Wildman–Crippen MR) is 82.4 cm³/mol. The summed E-state index contributed by atoms with van der Waals surface area (Å²) in [7, 11) is 0. The van der Waals surface area contributed by atoms with Crippen LogP contribution in [0.5, 0.6) is 0 Å². The molecule has 2 aliphatic carbocycles. The number of allylic oxidation sites excluding steroid dienone is 2. The average molecular weight is 336 g/mol. The molecular formula is C17H16FeN2O2+2. The van der Waals surface area contributed by atoms with Crippen molar-refractivity contribution in [2.24, 2.45) is 0 Å². The fraction of sp³-hybridized carbons (Fsp3) is 0.0588. The number of hydrogen-bond acceptors (Lipinski definition) is 2. The normalized spacial score (nSPS) is 18.0. The molecule has 1 heterocycles. The maximum atomic E-state index is 11.3. The van der Waals surface area contributed by atoms with E-state index in [1.54, 1.807) is 0 Å². The molecule has 10 radical (unpaired) electrons. The molecule has 0 atom stereocenters. The third kappa shape index (κ3) is 6.80. The summed E-state index contributed by atoms with van der Waals surface area (Å²) in [6.07, 6.45) is 23.1. The summed E-state index contributed by atoms with van der Waals surface area (Å²) < 4.78 is 1.43. The minimum atomic E-state index is -0.389. The van der Waals surface area contributed by atoms with Crippen molar-refractivity contribution in [3.63, 3.8) is 0 Å². The minimum absolute atomic E-state index is 0. The molecule has 0 aliphatic heterocycles. The third-order valence-corrected chi connectivity index (χ3v) is 2.75. The Morgan fingerprint density at radius 2 is 1.55 bits per heavy atom. The summed E-state index contributed by atoms with van der Waals surface area (Å²) >= 11 is 0. The fourth-order valence-electron chi connectivity index (χ4n) is 1.71. The zero-order valence-electron chi connectivity index (χ0n) is 11.8. The number of nitrogens with one attached hydrogen (secondary N) is 1. The van der Waals surface area contributed by atoms with Crippen LogP contribution in [0, 0.1) is 63.7 Å². The van der Waals surface area contributed by atoms with Gasteiger partial charge in [0.15, 0.2) is 0 Å². The minimum Gasteiger partial charge on any atom is -0.297 e. The first-order valence-corrected chi connectivity index (χ1v) is 6.60. The first-order valence-electron chi connectivity index (χ1n) is 6.60. The van der Waals surface area contributed by atoms with E-state index in [0.717, 1.165) is 5.92 Å². The van der Waals surface area contributed by atoms with Crippen molar-refractivity contribution in [1.82, 2.24) is 9.55 Å².